The minimum atomic E-state index is -0.502. The third-order valence-electron chi connectivity index (χ3n) is 3.92. The van der Waals surface area contributed by atoms with E-state index in [1.54, 1.807) is 30.3 Å². The van der Waals surface area contributed by atoms with Crippen LogP contribution in [-0.4, -0.2) is 28.3 Å². The van der Waals surface area contributed by atoms with Crippen LogP contribution in [0.5, 0.6) is 0 Å². The molecule has 0 spiro atoms. The Balaban J connectivity index is 2.23. The largest absolute Gasteiger partial charge is 0.370 e. The van der Waals surface area contributed by atoms with Crippen molar-refractivity contribution < 1.29 is 9.55 Å². The van der Waals surface area contributed by atoms with Gasteiger partial charge in [0, 0.05) is 13.1 Å². The van der Waals surface area contributed by atoms with Crippen LogP contribution in [-0.2, 0) is 0 Å². The Labute approximate surface area is 148 Å². The standard InChI is InChI=1S/C16H16ClN5O3/c1-3-21(4-2)13-9-12(18-11-8-6-5-7-10(11)17)16(22(23)24)15-14(13)19-25-20-15/h5-9,18H,3-4H2,1-2H3. The molecule has 130 valence electrons. The number of anilines is 3. The maximum absolute atomic E-state index is 11.6. The van der Waals surface area contributed by atoms with Crippen molar-refractivity contribution in [1.82, 2.24) is 10.3 Å². The van der Waals surface area contributed by atoms with Crippen molar-refractivity contribution in [2.75, 3.05) is 23.3 Å². The number of nitrogens with one attached hydrogen (secondary N) is 1. The fourth-order valence-electron chi connectivity index (χ4n) is 2.71. The predicted molar refractivity (Wildman–Crippen MR) is 96.8 cm³/mol. The monoisotopic (exact) mass is 361 g/mol. The molecule has 1 heterocycles. The van der Waals surface area contributed by atoms with Gasteiger partial charge in [0.05, 0.1) is 21.3 Å². The quantitative estimate of drug-likeness (QED) is 0.514. The molecule has 0 saturated carbocycles. The van der Waals surface area contributed by atoms with Gasteiger partial charge in [-0.25, -0.2) is 4.63 Å². The number of aromatic nitrogens is 2. The van der Waals surface area contributed by atoms with Crippen molar-refractivity contribution in [3.05, 3.63) is 45.5 Å². The van der Waals surface area contributed by atoms with Crippen LogP contribution >= 0.6 is 11.6 Å². The highest BCUT2D eigenvalue weighted by Crippen LogP contribution is 2.40. The number of benzene rings is 2. The second-order valence-electron chi connectivity index (χ2n) is 5.29. The molecule has 0 aliphatic carbocycles. The Hall–Kier alpha value is -2.87. The SMILES string of the molecule is CCN(CC)c1cc(Nc2ccccc2Cl)c([N+](=O)[O-])c2nonc12. The molecular formula is C16H16ClN5O3. The zero-order valence-corrected chi connectivity index (χ0v) is 14.4. The Morgan fingerprint density at radius 1 is 1.20 bits per heavy atom. The van der Waals surface area contributed by atoms with Crippen molar-refractivity contribution in [2.24, 2.45) is 0 Å². The van der Waals surface area contributed by atoms with E-state index in [-0.39, 0.29) is 16.9 Å². The van der Waals surface area contributed by atoms with E-state index in [1.165, 1.54) is 0 Å². The van der Waals surface area contributed by atoms with Crippen LogP contribution in [0.3, 0.4) is 0 Å². The van der Waals surface area contributed by atoms with Crippen molar-refractivity contribution in [3.8, 4) is 0 Å². The molecule has 3 rings (SSSR count). The average molecular weight is 362 g/mol. The van der Waals surface area contributed by atoms with Gasteiger partial charge in [0.2, 0.25) is 5.52 Å². The first kappa shape index (κ1) is 17.0. The van der Waals surface area contributed by atoms with E-state index in [0.29, 0.717) is 35.0 Å². The maximum atomic E-state index is 11.6. The first-order chi connectivity index (χ1) is 12.1. The summed E-state index contributed by atoms with van der Waals surface area (Å²) in [5, 5.41) is 22.7. The summed E-state index contributed by atoms with van der Waals surface area (Å²) in [7, 11) is 0. The smallest absolute Gasteiger partial charge is 0.324 e. The second-order valence-corrected chi connectivity index (χ2v) is 5.69. The number of hydrogen-bond acceptors (Lipinski definition) is 7. The molecule has 0 unspecified atom stereocenters. The second kappa shape index (κ2) is 6.94. The van der Waals surface area contributed by atoms with Gasteiger partial charge in [-0.15, -0.1) is 0 Å². The van der Waals surface area contributed by atoms with Crippen LogP contribution in [0.4, 0.5) is 22.7 Å². The number of nitro benzene ring substituents is 1. The van der Waals surface area contributed by atoms with Gasteiger partial charge in [0.25, 0.3) is 0 Å². The van der Waals surface area contributed by atoms with E-state index >= 15 is 0 Å². The van der Waals surface area contributed by atoms with Crippen LogP contribution < -0.4 is 10.2 Å². The first-order valence-electron chi connectivity index (χ1n) is 7.77. The molecule has 25 heavy (non-hydrogen) atoms. The van der Waals surface area contributed by atoms with Crippen molar-refractivity contribution >= 4 is 45.4 Å². The van der Waals surface area contributed by atoms with Gasteiger partial charge >= 0.3 is 5.69 Å². The zero-order chi connectivity index (χ0) is 18.0. The molecule has 0 fully saturated rings. The summed E-state index contributed by atoms with van der Waals surface area (Å²) in [6, 6.07) is 8.71. The number of fused-ring (bicyclic) bond motifs is 1. The summed E-state index contributed by atoms with van der Waals surface area (Å²) >= 11 is 6.17. The Kier molecular flexibility index (Phi) is 4.71. The molecule has 0 radical (unpaired) electrons. The van der Waals surface area contributed by atoms with Gasteiger partial charge in [-0.2, -0.15) is 0 Å². The molecule has 0 amide bonds. The number of halogens is 1. The van der Waals surface area contributed by atoms with Crippen LogP contribution in [0.25, 0.3) is 11.0 Å². The molecule has 0 bridgehead atoms. The molecule has 3 aromatic rings. The van der Waals surface area contributed by atoms with E-state index < -0.39 is 4.92 Å². The van der Waals surface area contributed by atoms with E-state index in [2.05, 4.69) is 15.6 Å². The molecular weight excluding hydrogens is 346 g/mol. The van der Waals surface area contributed by atoms with Crippen LogP contribution in [0.1, 0.15) is 13.8 Å². The van der Waals surface area contributed by atoms with Gasteiger partial charge in [-0.1, -0.05) is 23.7 Å². The van der Waals surface area contributed by atoms with Gasteiger partial charge in [-0.3, -0.25) is 10.1 Å². The summed E-state index contributed by atoms with van der Waals surface area (Å²) < 4.78 is 4.78. The molecule has 0 atom stereocenters. The van der Waals surface area contributed by atoms with E-state index in [1.807, 2.05) is 18.7 Å². The summed E-state index contributed by atoms with van der Waals surface area (Å²) in [5.74, 6) is 0. The predicted octanol–water partition coefficient (Wildman–Crippen LogP) is 4.37. The van der Waals surface area contributed by atoms with Gasteiger partial charge in [0.15, 0.2) is 5.52 Å². The maximum Gasteiger partial charge on any atom is 0.324 e. The van der Waals surface area contributed by atoms with E-state index in [0.717, 1.165) is 0 Å². The molecule has 9 heteroatoms. The molecule has 0 aliphatic heterocycles. The highest BCUT2D eigenvalue weighted by Gasteiger charge is 2.27. The lowest BCUT2D eigenvalue weighted by Gasteiger charge is -2.22. The lowest BCUT2D eigenvalue weighted by Crippen LogP contribution is -2.22. The molecule has 1 N–H and O–H groups in total. The van der Waals surface area contributed by atoms with E-state index in [9.17, 15) is 10.1 Å². The third kappa shape index (κ3) is 3.08. The Morgan fingerprint density at radius 2 is 1.88 bits per heavy atom. The molecule has 2 aromatic carbocycles. The normalized spacial score (nSPS) is 10.8. The lowest BCUT2D eigenvalue weighted by atomic mass is 10.1. The zero-order valence-electron chi connectivity index (χ0n) is 13.7. The molecule has 8 nitrogen and oxygen atoms in total. The highest BCUT2D eigenvalue weighted by molar-refractivity contribution is 6.33. The van der Waals surface area contributed by atoms with Gasteiger partial charge in [0.1, 0.15) is 5.69 Å². The fourth-order valence-corrected chi connectivity index (χ4v) is 2.89. The first-order valence-corrected chi connectivity index (χ1v) is 8.14. The lowest BCUT2D eigenvalue weighted by molar-refractivity contribution is -0.382. The Morgan fingerprint density at radius 3 is 2.52 bits per heavy atom. The number of para-hydroxylation sites is 1. The van der Waals surface area contributed by atoms with Crippen molar-refractivity contribution in [3.63, 3.8) is 0 Å². The van der Waals surface area contributed by atoms with Crippen molar-refractivity contribution in [2.45, 2.75) is 13.8 Å². The number of nitro groups is 1. The third-order valence-corrected chi connectivity index (χ3v) is 4.25. The summed E-state index contributed by atoms with van der Waals surface area (Å²) in [5.41, 5.74) is 1.81. The topological polar surface area (TPSA) is 97.3 Å². The minimum Gasteiger partial charge on any atom is -0.370 e. The van der Waals surface area contributed by atoms with Crippen molar-refractivity contribution in [1.29, 1.82) is 0 Å². The fraction of sp³-hybridized carbons (Fsp3) is 0.250. The number of rotatable bonds is 6. The molecule has 0 aliphatic rings. The van der Waals surface area contributed by atoms with Gasteiger partial charge in [-0.05, 0) is 42.4 Å². The summed E-state index contributed by atoms with van der Waals surface area (Å²) in [4.78, 5) is 13.2. The molecule has 0 saturated heterocycles. The van der Waals surface area contributed by atoms with Crippen LogP contribution in [0.2, 0.25) is 5.02 Å². The van der Waals surface area contributed by atoms with Crippen LogP contribution in [0, 0.1) is 10.1 Å². The van der Waals surface area contributed by atoms with E-state index in [4.69, 9.17) is 16.2 Å². The Bertz CT molecular complexity index is 923. The molecule has 1 aromatic heterocycles. The minimum absolute atomic E-state index is 0.101. The summed E-state index contributed by atoms with van der Waals surface area (Å²) in [6.45, 7) is 5.40. The van der Waals surface area contributed by atoms with Gasteiger partial charge < -0.3 is 10.2 Å². The highest BCUT2D eigenvalue weighted by atomic mass is 35.5. The number of nitrogens with zero attached hydrogens (tertiary/aromatic N) is 4. The van der Waals surface area contributed by atoms with Crippen LogP contribution in [0.15, 0.2) is 35.0 Å². The number of hydrogen-bond donors (Lipinski definition) is 1. The average Bonchev–Trinajstić information content (AvgIpc) is 3.07. The summed E-state index contributed by atoms with van der Waals surface area (Å²) in [6.07, 6.45) is 0.